The van der Waals surface area contributed by atoms with Crippen LogP contribution in [0.15, 0.2) is 53.2 Å². The fourth-order valence-electron chi connectivity index (χ4n) is 2.27. The van der Waals surface area contributed by atoms with Crippen molar-refractivity contribution in [3.8, 4) is 0 Å². The topological polar surface area (TPSA) is 68.0 Å². The van der Waals surface area contributed by atoms with Gasteiger partial charge in [-0.15, -0.1) is 0 Å². The average Bonchev–Trinajstić information content (AvgIpc) is 3.04. The van der Waals surface area contributed by atoms with Crippen LogP contribution in [-0.4, -0.2) is 15.9 Å². The Morgan fingerprint density at radius 3 is 2.70 bits per heavy atom. The highest BCUT2D eigenvalue weighted by atomic mass is 16.3. The number of allylic oxidation sites excluding steroid dienone is 1. The summed E-state index contributed by atoms with van der Waals surface area (Å²) in [7, 11) is 0. The van der Waals surface area contributed by atoms with Crippen LogP contribution >= 0.6 is 0 Å². The lowest BCUT2D eigenvalue weighted by molar-refractivity contribution is -0.111. The number of carbonyl (C=O) groups is 1. The Bertz CT molecular complexity index is 881. The van der Waals surface area contributed by atoms with Crippen LogP contribution < -0.4 is 5.32 Å². The van der Waals surface area contributed by atoms with Gasteiger partial charge in [-0.3, -0.25) is 14.8 Å². The molecule has 0 radical (unpaired) electrons. The molecule has 5 nitrogen and oxygen atoms in total. The predicted octanol–water partition coefficient (Wildman–Crippen LogP) is 3.83. The Morgan fingerprint density at radius 2 is 1.96 bits per heavy atom. The molecule has 0 fully saturated rings. The van der Waals surface area contributed by atoms with Crippen LogP contribution in [0.25, 0.3) is 16.6 Å². The first-order valence-corrected chi connectivity index (χ1v) is 7.45. The molecule has 0 saturated heterocycles. The van der Waals surface area contributed by atoms with Crippen LogP contribution in [0.2, 0.25) is 0 Å². The molecule has 2 heterocycles. The number of hydrogen-bond acceptors (Lipinski definition) is 4. The van der Waals surface area contributed by atoms with Crippen molar-refractivity contribution in [2.24, 2.45) is 0 Å². The van der Waals surface area contributed by atoms with E-state index in [-0.39, 0.29) is 5.91 Å². The van der Waals surface area contributed by atoms with E-state index in [2.05, 4.69) is 15.3 Å². The van der Waals surface area contributed by atoms with E-state index >= 15 is 0 Å². The van der Waals surface area contributed by atoms with E-state index in [1.807, 2.05) is 32.0 Å². The van der Waals surface area contributed by atoms with Gasteiger partial charge in [-0.05, 0) is 42.8 Å². The Morgan fingerprint density at radius 1 is 1.17 bits per heavy atom. The van der Waals surface area contributed by atoms with E-state index < -0.39 is 0 Å². The first-order chi connectivity index (χ1) is 11.2. The molecule has 3 aromatic rings. The molecule has 0 aliphatic rings. The second kappa shape index (κ2) is 6.44. The van der Waals surface area contributed by atoms with Crippen LogP contribution in [0.5, 0.6) is 0 Å². The molecule has 5 heteroatoms. The second-order valence-corrected chi connectivity index (χ2v) is 5.20. The van der Waals surface area contributed by atoms with Crippen molar-refractivity contribution in [1.29, 1.82) is 0 Å². The van der Waals surface area contributed by atoms with Gasteiger partial charge in [0.1, 0.15) is 11.5 Å². The van der Waals surface area contributed by atoms with Gasteiger partial charge in [-0.1, -0.05) is 6.92 Å². The summed E-state index contributed by atoms with van der Waals surface area (Å²) in [5.74, 6) is 1.41. The van der Waals surface area contributed by atoms with E-state index in [9.17, 15) is 4.79 Å². The molecule has 0 unspecified atom stereocenters. The normalized spacial score (nSPS) is 11.7. The fraction of sp³-hybridized carbons (Fsp3) is 0.167. The van der Waals surface area contributed by atoms with Crippen LogP contribution in [0.1, 0.15) is 25.4 Å². The minimum absolute atomic E-state index is 0.208. The molecular weight excluding hydrogens is 290 g/mol. The molecule has 3 rings (SSSR count). The van der Waals surface area contributed by atoms with Gasteiger partial charge in [0.25, 0.3) is 0 Å². The number of carbonyl (C=O) groups excluding carboxylic acids is 1. The van der Waals surface area contributed by atoms with E-state index in [0.29, 0.717) is 11.4 Å². The van der Waals surface area contributed by atoms with Crippen molar-refractivity contribution in [2.75, 3.05) is 5.32 Å². The first kappa shape index (κ1) is 15.0. The van der Waals surface area contributed by atoms with Gasteiger partial charge in [0.15, 0.2) is 0 Å². The van der Waals surface area contributed by atoms with E-state index in [0.717, 1.165) is 28.8 Å². The molecule has 0 bridgehead atoms. The Hall–Kier alpha value is -2.95. The number of amides is 1. The zero-order valence-corrected chi connectivity index (χ0v) is 13.0. The summed E-state index contributed by atoms with van der Waals surface area (Å²) >= 11 is 0. The van der Waals surface area contributed by atoms with Crippen LogP contribution in [0.3, 0.4) is 0 Å². The van der Waals surface area contributed by atoms with Gasteiger partial charge in [0, 0.05) is 30.6 Å². The molecular formula is C18H17N3O2. The van der Waals surface area contributed by atoms with Gasteiger partial charge in [-0.25, -0.2) is 0 Å². The minimum Gasteiger partial charge on any atom is -0.461 e. The third-order valence-electron chi connectivity index (χ3n) is 3.48. The van der Waals surface area contributed by atoms with Crippen LogP contribution in [0, 0.1) is 0 Å². The SMILES string of the molecule is CCc1ccc(C(C)=CC(=O)Nc2ccc3nccnc3c2)o1. The number of benzene rings is 1. The third kappa shape index (κ3) is 3.45. The number of nitrogens with one attached hydrogen (secondary N) is 1. The lowest BCUT2D eigenvalue weighted by Gasteiger charge is -2.04. The summed E-state index contributed by atoms with van der Waals surface area (Å²) in [6.07, 6.45) is 5.62. The number of anilines is 1. The van der Waals surface area contributed by atoms with E-state index in [4.69, 9.17) is 4.42 Å². The van der Waals surface area contributed by atoms with Gasteiger partial charge < -0.3 is 9.73 Å². The van der Waals surface area contributed by atoms with E-state index in [1.54, 1.807) is 24.5 Å². The molecule has 0 aliphatic carbocycles. The Labute approximate surface area is 134 Å². The molecule has 1 amide bonds. The standard InChI is InChI=1S/C18H17N3O2/c1-3-14-5-7-17(23-14)12(2)10-18(22)21-13-4-6-15-16(11-13)20-9-8-19-15/h4-11H,3H2,1-2H3,(H,21,22). The molecule has 1 aromatic carbocycles. The number of rotatable bonds is 4. The number of aryl methyl sites for hydroxylation is 1. The van der Waals surface area contributed by atoms with Crippen molar-refractivity contribution in [3.05, 3.63) is 60.3 Å². The lowest BCUT2D eigenvalue weighted by Crippen LogP contribution is -2.08. The van der Waals surface area contributed by atoms with Gasteiger partial charge in [0.2, 0.25) is 5.91 Å². The maximum atomic E-state index is 12.1. The van der Waals surface area contributed by atoms with Crippen molar-refractivity contribution in [1.82, 2.24) is 9.97 Å². The number of aromatic nitrogens is 2. The molecule has 0 aliphatic heterocycles. The summed E-state index contributed by atoms with van der Waals surface area (Å²) in [6.45, 7) is 3.88. The molecule has 1 N–H and O–H groups in total. The minimum atomic E-state index is -0.208. The first-order valence-electron chi connectivity index (χ1n) is 7.45. The zero-order valence-electron chi connectivity index (χ0n) is 13.0. The van der Waals surface area contributed by atoms with Gasteiger partial charge in [0.05, 0.1) is 11.0 Å². The van der Waals surface area contributed by atoms with Crippen molar-refractivity contribution >= 4 is 28.2 Å². The number of hydrogen-bond donors (Lipinski definition) is 1. The fourth-order valence-corrected chi connectivity index (χ4v) is 2.27. The van der Waals surface area contributed by atoms with Crippen LogP contribution in [0.4, 0.5) is 5.69 Å². The maximum Gasteiger partial charge on any atom is 0.248 e. The lowest BCUT2D eigenvalue weighted by atomic mass is 10.2. The summed E-state index contributed by atoms with van der Waals surface area (Å²) in [5.41, 5.74) is 2.99. The molecule has 2 aromatic heterocycles. The van der Waals surface area contributed by atoms with Crippen molar-refractivity contribution in [2.45, 2.75) is 20.3 Å². The largest absolute Gasteiger partial charge is 0.461 e. The monoisotopic (exact) mass is 307 g/mol. The smallest absolute Gasteiger partial charge is 0.248 e. The predicted molar refractivity (Wildman–Crippen MR) is 89.9 cm³/mol. The second-order valence-electron chi connectivity index (χ2n) is 5.20. The highest BCUT2D eigenvalue weighted by molar-refractivity contribution is 6.04. The van der Waals surface area contributed by atoms with Crippen molar-refractivity contribution in [3.63, 3.8) is 0 Å². The van der Waals surface area contributed by atoms with Crippen LogP contribution in [-0.2, 0) is 11.2 Å². The Kier molecular flexibility index (Phi) is 4.19. The molecule has 0 saturated carbocycles. The van der Waals surface area contributed by atoms with Crippen molar-refractivity contribution < 1.29 is 9.21 Å². The molecule has 0 spiro atoms. The summed E-state index contributed by atoms with van der Waals surface area (Å²) in [5, 5.41) is 2.83. The average molecular weight is 307 g/mol. The van der Waals surface area contributed by atoms with Gasteiger partial charge in [-0.2, -0.15) is 0 Å². The quantitative estimate of drug-likeness (QED) is 0.744. The number of fused-ring (bicyclic) bond motifs is 1. The maximum absolute atomic E-state index is 12.1. The summed E-state index contributed by atoms with van der Waals surface area (Å²) in [4.78, 5) is 20.6. The third-order valence-corrected chi connectivity index (χ3v) is 3.48. The Balaban J connectivity index is 1.75. The molecule has 0 atom stereocenters. The van der Waals surface area contributed by atoms with E-state index in [1.165, 1.54) is 6.08 Å². The molecule has 116 valence electrons. The van der Waals surface area contributed by atoms with Gasteiger partial charge >= 0.3 is 0 Å². The summed E-state index contributed by atoms with van der Waals surface area (Å²) < 4.78 is 5.64. The molecule has 23 heavy (non-hydrogen) atoms. The number of nitrogens with zero attached hydrogens (tertiary/aromatic N) is 2. The number of furan rings is 1. The highest BCUT2D eigenvalue weighted by Gasteiger charge is 2.06. The zero-order chi connectivity index (χ0) is 16.2. The highest BCUT2D eigenvalue weighted by Crippen LogP contribution is 2.19. The summed E-state index contributed by atoms with van der Waals surface area (Å²) in [6, 6.07) is 9.23.